The number of phenolic OH excluding ortho intramolecular Hbond substituents is 1. The topological polar surface area (TPSA) is 70.9 Å². The number of hydrogen-bond acceptors (Lipinski definition) is 4. The molecule has 2 aromatic carbocycles. The second kappa shape index (κ2) is 8.44. The Morgan fingerprint density at radius 2 is 1.83 bits per heavy atom. The van der Waals surface area contributed by atoms with Crippen molar-refractivity contribution in [2.45, 2.75) is 0 Å². The zero-order valence-corrected chi connectivity index (χ0v) is 14.9. The van der Waals surface area contributed by atoms with E-state index >= 15 is 0 Å². The lowest BCUT2D eigenvalue weighted by atomic mass is 10.2. The predicted molar refractivity (Wildman–Crippen MR) is 95.8 cm³/mol. The van der Waals surface area contributed by atoms with E-state index in [4.69, 9.17) is 51.1 Å². The number of benzene rings is 2. The van der Waals surface area contributed by atoms with Gasteiger partial charge in [0.1, 0.15) is 11.5 Å². The van der Waals surface area contributed by atoms with Crippen molar-refractivity contribution in [3.8, 4) is 11.5 Å². The minimum absolute atomic E-state index is 0.0796. The molecule has 2 aromatic rings. The molecular weight excluding hydrogens is 398 g/mol. The molecule has 126 valence electrons. The van der Waals surface area contributed by atoms with Gasteiger partial charge in [-0.1, -0.05) is 46.4 Å². The van der Waals surface area contributed by atoms with E-state index in [1.807, 2.05) is 0 Å². The van der Waals surface area contributed by atoms with Gasteiger partial charge in [0.2, 0.25) is 0 Å². The van der Waals surface area contributed by atoms with Crippen LogP contribution >= 0.6 is 46.4 Å². The number of phenols is 1. The van der Waals surface area contributed by atoms with Gasteiger partial charge in [0.05, 0.1) is 16.3 Å². The van der Waals surface area contributed by atoms with Crippen LogP contribution in [0.4, 0.5) is 0 Å². The first-order valence-electron chi connectivity index (χ1n) is 6.44. The van der Waals surface area contributed by atoms with Gasteiger partial charge in [-0.15, -0.1) is 0 Å². The minimum Gasteiger partial charge on any atom is -0.506 e. The van der Waals surface area contributed by atoms with Crippen LogP contribution in [0.15, 0.2) is 35.4 Å². The number of carbonyl (C=O) groups excluding carboxylic acids is 1. The molecule has 0 aliphatic rings. The molecule has 0 bridgehead atoms. The average Bonchev–Trinajstić information content (AvgIpc) is 2.51. The molecular formula is C15H10Cl4N2O3. The number of nitrogens with zero attached hydrogens (tertiary/aromatic N) is 1. The van der Waals surface area contributed by atoms with Crippen LogP contribution < -0.4 is 10.2 Å². The van der Waals surface area contributed by atoms with E-state index in [1.54, 1.807) is 12.1 Å². The van der Waals surface area contributed by atoms with Crippen molar-refractivity contribution < 1.29 is 14.6 Å². The van der Waals surface area contributed by atoms with Crippen molar-refractivity contribution >= 4 is 58.5 Å². The Morgan fingerprint density at radius 1 is 1.12 bits per heavy atom. The van der Waals surface area contributed by atoms with Gasteiger partial charge in [0.25, 0.3) is 5.91 Å². The zero-order chi connectivity index (χ0) is 17.7. The summed E-state index contributed by atoms with van der Waals surface area (Å²) < 4.78 is 5.25. The van der Waals surface area contributed by atoms with Gasteiger partial charge in [-0.05, 0) is 30.3 Å². The maximum atomic E-state index is 11.7. The third-order valence-electron chi connectivity index (χ3n) is 2.70. The molecule has 0 unspecified atom stereocenters. The molecule has 0 heterocycles. The monoisotopic (exact) mass is 406 g/mol. The fraction of sp³-hybridized carbons (Fsp3) is 0.0667. The largest absolute Gasteiger partial charge is 0.506 e. The standard InChI is InChI=1S/C15H10Cl4N2O3/c16-9-1-2-13(11(18)4-9)24-7-14(22)21-20-6-8-3-10(17)5-12(19)15(8)23/h1-6,23H,7H2,(H,21,22)/b20-6-. The molecule has 0 spiro atoms. The van der Waals surface area contributed by atoms with Gasteiger partial charge in [0, 0.05) is 15.6 Å². The van der Waals surface area contributed by atoms with Crippen LogP contribution in [0.5, 0.6) is 11.5 Å². The Kier molecular flexibility index (Phi) is 6.57. The molecule has 2 N–H and O–H groups in total. The third-order valence-corrected chi connectivity index (χ3v) is 3.74. The highest BCUT2D eigenvalue weighted by molar-refractivity contribution is 6.36. The molecule has 5 nitrogen and oxygen atoms in total. The molecule has 0 atom stereocenters. The lowest BCUT2D eigenvalue weighted by Crippen LogP contribution is -2.24. The van der Waals surface area contributed by atoms with Gasteiger partial charge >= 0.3 is 0 Å². The third kappa shape index (κ3) is 5.18. The number of aromatic hydroxyl groups is 1. The van der Waals surface area contributed by atoms with Crippen molar-refractivity contribution in [1.29, 1.82) is 0 Å². The number of amides is 1. The SMILES string of the molecule is O=C(COc1ccc(Cl)cc1Cl)N/N=C\c1cc(Cl)cc(Cl)c1O. The van der Waals surface area contributed by atoms with Crippen molar-refractivity contribution in [1.82, 2.24) is 5.43 Å². The number of carbonyl (C=O) groups is 1. The van der Waals surface area contributed by atoms with E-state index in [0.29, 0.717) is 15.8 Å². The summed E-state index contributed by atoms with van der Waals surface area (Å²) in [6, 6.07) is 7.47. The van der Waals surface area contributed by atoms with Crippen molar-refractivity contribution in [2.75, 3.05) is 6.61 Å². The molecule has 0 radical (unpaired) electrons. The van der Waals surface area contributed by atoms with E-state index in [9.17, 15) is 9.90 Å². The quantitative estimate of drug-likeness (QED) is 0.564. The Morgan fingerprint density at radius 3 is 2.54 bits per heavy atom. The molecule has 0 aliphatic carbocycles. The van der Waals surface area contributed by atoms with Crippen LogP contribution in [0.25, 0.3) is 0 Å². The van der Waals surface area contributed by atoms with Crippen LogP contribution in [0.3, 0.4) is 0 Å². The van der Waals surface area contributed by atoms with Gasteiger partial charge in [-0.2, -0.15) is 5.10 Å². The normalized spacial score (nSPS) is 10.8. The van der Waals surface area contributed by atoms with Crippen LogP contribution in [0, 0.1) is 0 Å². The summed E-state index contributed by atoms with van der Waals surface area (Å²) in [7, 11) is 0. The van der Waals surface area contributed by atoms with E-state index in [0.717, 1.165) is 0 Å². The molecule has 2 rings (SSSR count). The second-order valence-electron chi connectivity index (χ2n) is 4.48. The summed E-state index contributed by atoms with van der Waals surface area (Å²) >= 11 is 23.3. The van der Waals surface area contributed by atoms with E-state index in [-0.39, 0.29) is 28.0 Å². The number of rotatable bonds is 5. The highest BCUT2D eigenvalue weighted by atomic mass is 35.5. The Hall–Kier alpha value is -1.66. The van der Waals surface area contributed by atoms with Crippen LogP contribution in [0.2, 0.25) is 20.1 Å². The fourth-order valence-corrected chi connectivity index (χ4v) is 2.60. The van der Waals surface area contributed by atoms with E-state index in [1.165, 1.54) is 24.4 Å². The van der Waals surface area contributed by atoms with Crippen molar-refractivity contribution in [3.63, 3.8) is 0 Å². The average molecular weight is 408 g/mol. The molecule has 0 fully saturated rings. The van der Waals surface area contributed by atoms with Crippen LogP contribution in [0.1, 0.15) is 5.56 Å². The summed E-state index contributed by atoms with van der Waals surface area (Å²) in [5, 5.41) is 14.6. The highest BCUT2D eigenvalue weighted by Crippen LogP contribution is 2.30. The Labute approximate surface area is 157 Å². The zero-order valence-electron chi connectivity index (χ0n) is 11.9. The number of hydrazone groups is 1. The lowest BCUT2D eigenvalue weighted by molar-refractivity contribution is -0.123. The van der Waals surface area contributed by atoms with E-state index in [2.05, 4.69) is 10.5 Å². The van der Waals surface area contributed by atoms with Gasteiger partial charge in [-0.3, -0.25) is 4.79 Å². The first-order valence-corrected chi connectivity index (χ1v) is 7.96. The van der Waals surface area contributed by atoms with Crippen LogP contribution in [-0.4, -0.2) is 23.8 Å². The molecule has 9 heteroatoms. The number of hydrogen-bond donors (Lipinski definition) is 2. The molecule has 1 amide bonds. The van der Waals surface area contributed by atoms with Gasteiger partial charge in [0.15, 0.2) is 6.61 Å². The number of nitrogens with one attached hydrogen (secondary N) is 1. The van der Waals surface area contributed by atoms with Gasteiger partial charge < -0.3 is 9.84 Å². The highest BCUT2D eigenvalue weighted by Gasteiger charge is 2.07. The maximum Gasteiger partial charge on any atom is 0.277 e. The Bertz CT molecular complexity index is 797. The fourth-order valence-electron chi connectivity index (χ4n) is 1.63. The summed E-state index contributed by atoms with van der Waals surface area (Å²) in [5.74, 6) is -0.396. The van der Waals surface area contributed by atoms with Gasteiger partial charge in [-0.25, -0.2) is 5.43 Å². The summed E-state index contributed by atoms with van der Waals surface area (Å²) in [4.78, 5) is 11.7. The van der Waals surface area contributed by atoms with Crippen molar-refractivity contribution in [2.24, 2.45) is 5.10 Å². The summed E-state index contributed by atoms with van der Waals surface area (Å²) in [5.41, 5.74) is 2.50. The molecule has 24 heavy (non-hydrogen) atoms. The minimum atomic E-state index is -0.523. The first-order chi connectivity index (χ1) is 11.4. The summed E-state index contributed by atoms with van der Waals surface area (Å²) in [6.07, 6.45) is 1.21. The number of halogens is 4. The Balaban J connectivity index is 1.91. The summed E-state index contributed by atoms with van der Waals surface area (Å²) in [6.45, 7) is -0.305. The first kappa shape index (κ1) is 18.7. The van der Waals surface area contributed by atoms with Crippen LogP contribution in [-0.2, 0) is 4.79 Å². The molecule has 0 saturated carbocycles. The molecule has 0 aromatic heterocycles. The van der Waals surface area contributed by atoms with Crippen molar-refractivity contribution in [3.05, 3.63) is 56.0 Å². The predicted octanol–water partition coefficient (Wildman–Crippen LogP) is 4.53. The van der Waals surface area contributed by atoms with E-state index < -0.39 is 5.91 Å². The molecule has 0 saturated heterocycles. The lowest BCUT2D eigenvalue weighted by Gasteiger charge is -2.07. The smallest absolute Gasteiger partial charge is 0.277 e. The number of ether oxygens (including phenoxy) is 1. The maximum absolute atomic E-state index is 11.7. The second-order valence-corrected chi connectivity index (χ2v) is 6.17. The molecule has 0 aliphatic heterocycles.